The molecule has 3 atom stereocenters. The van der Waals surface area contributed by atoms with Crippen LogP contribution >= 0.6 is 0 Å². The molecule has 3 unspecified atom stereocenters. The number of halogens is 3. The average molecular weight is 235 g/mol. The third kappa shape index (κ3) is 1.67. The summed E-state index contributed by atoms with van der Waals surface area (Å²) in [5, 5.41) is 0. The highest BCUT2D eigenvalue weighted by Gasteiger charge is 2.61. The number of rotatable bonds is 3. The zero-order chi connectivity index (χ0) is 12.2. The summed E-state index contributed by atoms with van der Waals surface area (Å²) in [5.74, 6) is 0.531. The predicted molar refractivity (Wildman–Crippen MR) is 58.0 cm³/mol. The fourth-order valence-corrected chi connectivity index (χ4v) is 3.61. The Morgan fingerprint density at radius 1 is 1.25 bits per heavy atom. The fraction of sp³-hybridized carbons (Fsp3) is 1.00. The van der Waals surface area contributed by atoms with Crippen LogP contribution in [-0.4, -0.2) is 19.6 Å². The summed E-state index contributed by atoms with van der Waals surface area (Å²) in [5.41, 5.74) is 0.0509. The highest BCUT2D eigenvalue weighted by Crippen LogP contribution is 2.66. The summed E-state index contributed by atoms with van der Waals surface area (Å²) in [6.07, 6.45) is 2.74. The Morgan fingerprint density at radius 2 is 1.88 bits per heavy atom. The average Bonchev–Trinajstić information content (AvgIpc) is 2.45. The van der Waals surface area contributed by atoms with Crippen molar-refractivity contribution in [3.05, 3.63) is 0 Å². The molecule has 94 valence electrons. The maximum atomic E-state index is 12.2. The minimum absolute atomic E-state index is 0.0704. The SMILES string of the molecule is CC1(C)C2CCC1(C)C(OC[B-](F)(F)F)C2. The molecule has 0 aromatic rings. The van der Waals surface area contributed by atoms with Gasteiger partial charge in [0, 0.05) is 6.51 Å². The molecule has 0 N–H and O–H groups in total. The first-order chi connectivity index (χ1) is 7.17. The van der Waals surface area contributed by atoms with E-state index in [-0.39, 0.29) is 16.9 Å². The van der Waals surface area contributed by atoms with Gasteiger partial charge < -0.3 is 17.7 Å². The maximum absolute atomic E-state index is 12.2. The summed E-state index contributed by atoms with van der Waals surface area (Å²) in [4.78, 5) is 0. The van der Waals surface area contributed by atoms with Crippen molar-refractivity contribution in [1.29, 1.82) is 0 Å². The number of hydrogen-bond donors (Lipinski definition) is 0. The highest BCUT2D eigenvalue weighted by atomic mass is 19.4. The van der Waals surface area contributed by atoms with Gasteiger partial charge in [-0.15, -0.1) is 0 Å². The van der Waals surface area contributed by atoms with E-state index < -0.39 is 13.5 Å². The maximum Gasteiger partial charge on any atom is 0.503 e. The number of ether oxygens (including phenoxy) is 1. The van der Waals surface area contributed by atoms with E-state index in [1.165, 1.54) is 0 Å². The molecular weight excluding hydrogens is 216 g/mol. The summed E-state index contributed by atoms with van der Waals surface area (Å²) in [6.45, 7) is 0.587. The van der Waals surface area contributed by atoms with Crippen molar-refractivity contribution in [3.8, 4) is 0 Å². The predicted octanol–water partition coefficient (Wildman–Crippen LogP) is 3.60. The van der Waals surface area contributed by atoms with Crippen LogP contribution in [0.1, 0.15) is 40.0 Å². The number of fused-ring (bicyclic) bond motifs is 2. The molecule has 2 fully saturated rings. The topological polar surface area (TPSA) is 9.23 Å². The van der Waals surface area contributed by atoms with E-state index in [0.29, 0.717) is 5.92 Å². The van der Waals surface area contributed by atoms with Crippen LogP contribution in [0.2, 0.25) is 0 Å². The van der Waals surface area contributed by atoms with Gasteiger partial charge in [0.1, 0.15) is 0 Å². The number of hydrogen-bond acceptors (Lipinski definition) is 1. The van der Waals surface area contributed by atoms with E-state index in [0.717, 1.165) is 19.3 Å². The summed E-state index contributed by atoms with van der Waals surface area (Å²) in [7, 11) is 0. The lowest BCUT2D eigenvalue weighted by Gasteiger charge is -2.39. The summed E-state index contributed by atoms with van der Waals surface area (Å²) >= 11 is 0. The van der Waals surface area contributed by atoms with Crippen LogP contribution in [0.5, 0.6) is 0 Å². The van der Waals surface area contributed by atoms with Gasteiger partial charge in [-0.25, -0.2) is 0 Å². The van der Waals surface area contributed by atoms with Crippen molar-refractivity contribution in [2.45, 2.75) is 46.1 Å². The lowest BCUT2D eigenvalue weighted by Crippen LogP contribution is -2.39. The van der Waals surface area contributed by atoms with Crippen LogP contribution in [0, 0.1) is 16.7 Å². The van der Waals surface area contributed by atoms with Gasteiger partial charge in [0.05, 0.1) is 6.10 Å². The Hall–Kier alpha value is -0.185. The second-order valence-corrected chi connectivity index (χ2v) is 6.14. The molecule has 0 spiro atoms. The molecule has 1 nitrogen and oxygen atoms in total. The minimum atomic E-state index is -4.81. The van der Waals surface area contributed by atoms with E-state index >= 15 is 0 Å². The smallest absolute Gasteiger partial charge is 0.447 e. The van der Waals surface area contributed by atoms with Crippen molar-refractivity contribution >= 4 is 6.98 Å². The quantitative estimate of drug-likeness (QED) is 0.679. The molecule has 0 amide bonds. The molecule has 2 aliphatic rings. The molecule has 16 heavy (non-hydrogen) atoms. The Bertz CT molecular complexity index is 289. The van der Waals surface area contributed by atoms with E-state index in [1.807, 2.05) is 0 Å². The minimum Gasteiger partial charge on any atom is -0.447 e. The van der Waals surface area contributed by atoms with Crippen LogP contribution in [-0.2, 0) is 4.74 Å². The lowest BCUT2D eigenvalue weighted by molar-refractivity contribution is -0.0365. The first-order valence-electron chi connectivity index (χ1n) is 5.99. The van der Waals surface area contributed by atoms with E-state index in [2.05, 4.69) is 20.8 Å². The zero-order valence-corrected chi connectivity index (χ0v) is 10.1. The van der Waals surface area contributed by atoms with Gasteiger partial charge in [-0.1, -0.05) is 20.8 Å². The molecule has 0 heterocycles. The Labute approximate surface area is 94.8 Å². The van der Waals surface area contributed by atoms with Gasteiger partial charge in [0.15, 0.2) is 0 Å². The largest absolute Gasteiger partial charge is 0.503 e. The lowest BCUT2D eigenvalue weighted by atomic mass is 9.70. The molecule has 2 aliphatic carbocycles. The molecule has 0 saturated heterocycles. The van der Waals surface area contributed by atoms with E-state index in [1.54, 1.807) is 0 Å². The Morgan fingerprint density at radius 3 is 2.25 bits per heavy atom. The van der Waals surface area contributed by atoms with Crippen molar-refractivity contribution in [2.24, 2.45) is 16.7 Å². The van der Waals surface area contributed by atoms with Gasteiger partial charge in [0.25, 0.3) is 0 Å². The second-order valence-electron chi connectivity index (χ2n) is 6.14. The van der Waals surface area contributed by atoms with Crippen LogP contribution in [0.3, 0.4) is 0 Å². The first-order valence-corrected chi connectivity index (χ1v) is 5.99. The van der Waals surface area contributed by atoms with Crippen LogP contribution in [0.15, 0.2) is 0 Å². The van der Waals surface area contributed by atoms with Crippen molar-refractivity contribution in [3.63, 3.8) is 0 Å². The van der Waals surface area contributed by atoms with Gasteiger partial charge in [-0.05, 0) is 36.0 Å². The van der Waals surface area contributed by atoms with Crippen LogP contribution in [0.25, 0.3) is 0 Å². The summed E-state index contributed by atoms with van der Waals surface area (Å²) in [6, 6.07) is 0. The zero-order valence-electron chi connectivity index (χ0n) is 10.1. The molecule has 5 heteroatoms. The van der Waals surface area contributed by atoms with Crippen molar-refractivity contribution in [1.82, 2.24) is 0 Å². The molecule has 0 aliphatic heterocycles. The molecule has 2 bridgehead atoms. The third-order valence-corrected chi connectivity index (χ3v) is 5.20. The van der Waals surface area contributed by atoms with Gasteiger partial charge in [-0.2, -0.15) is 0 Å². The molecule has 2 rings (SSSR count). The van der Waals surface area contributed by atoms with E-state index in [4.69, 9.17) is 4.74 Å². The van der Waals surface area contributed by atoms with Crippen molar-refractivity contribution in [2.75, 3.05) is 6.51 Å². The fourth-order valence-electron chi connectivity index (χ4n) is 3.61. The van der Waals surface area contributed by atoms with Crippen LogP contribution < -0.4 is 0 Å². The second kappa shape index (κ2) is 3.41. The van der Waals surface area contributed by atoms with Gasteiger partial charge in [-0.3, -0.25) is 0 Å². The first kappa shape index (κ1) is 12.3. The molecule has 0 aromatic heterocycles. The normalized spacial score (nSPS) is 41.6. The van der Waals surface area contributed by atoms with Crippen LogP contribution in [0.4, 0.5) is 12.9 Å². The van der Waals surface area contributed by atoms with E-state index in [9.17, 15) is 12.9 Å². The molecular formula is C11H19BF3O-. The van der Waals surface area contributed by atoms with Gasteiger partial charge >= 0.3 is 6.98 Å². The monoisotopic (exact) mass is 235 g/mol. The molecule has 0 aromatic carbocycles. The van der Waals surface area contributed by atoms with Crippen molar-refractivity contribution < 1.29 is 17.7 Å². The Balaban J connectivity index is 2.05. The Kier molecular flexibility index (Phi) is 2.61. The molecule has 2 saturated carbocycles. The standard InChI is InChI=1S/C11H19BF3O/c1-10(2)8-4-5-11(10,3)9(6-8)16-7-12(13,14)15/h8-9H,4-7H2,1-3H3/q-1. The van der Waals surface area contributed by atoms with Gasteiger partial charge in [0.2, 0.25) is 0 Å². The summed E-state index contributed by atoms with van der Waals surface area (Å²) < 4.78 is 41.8. The highest BCUT2D eigenvalue weighted by molar-refractivity contribution is 6.58. The third-order valence-electron chi connectivity index (χ3n) is 5.20. The molecule has 0 radical (unpaired) electrons.